The Bertz CT molecular complexity index is 699. The first kappa shape index (κ1) is 14.8. The van der Waals surface area contributed by atoms with Crippen molar-refractivity contribution < 1.29 is 10.2 Å². The molecule has 0 radical (unpaired) electrons. The minimum Gasteiger partial charge on any atom is -0.504 e. The fourth-order valence-electron chi connectivity index (χ4n) is 1.70. The van der Waals surface area contributed by atoms with E-state index in [9.17, 15) is 15.0 Å². The number of phenols is 2. The lowest BCUT2D eigenvalue weighted by Crippen LogP contribution is -2.29. The van der Waals surface area contributed by atoms with Gasteiger partial charge in [-0.2, -0.15) is 9.97 Å². The molecule has 0 aliphatic heterocycles. The predicted molar refractivity (Wildman–Crippen MR) is 78.0 cm³/mol. The Balaban J connectivity index is 2.41. The molecule has 4 N–H and O–H groups in total. The van der Waals surface area contributed by atoms with Gasteiger partial charge in [-0.1, -0.05) is 6.92 Å². The van der Waals surface area contributed by atoms with Crippen molar-refractivity contribution in [3.05, 3.63) is 28.7 Å². The maximum Gasteiger partial charge on any atom is 0.352 e. The molecule has 8 heteroatoms. The molecule has 21 heavy (non-hydrogen) atoms. The summed E-state index contributed by atoms with van der Waals surface area (Å²) in [5.74, 6) is -0.0434. The van der Waals surface area contributed by atoms with Crippen molar-refractivity contribution in [2.45, 2.75) is 13.3 Å². The quantitative estimate of drug-likeness (QED) is 0.362. The molecule has 8 nitrogen and oxygen atoms in total. The molecule has 0 atom stereocenters. The van der Waals surface area contributed by atoms with Crippen molar-refractivity contribution in [3.8, 4) is 22.9 Å². The molecule has 0 aliphatic rings. The number of aromatic nitrogens is 3. The van der Waals surface area contributed by atoms with Crippen LogP contribution in [0.15, 0.2) is 23.0 Å². The Morgan fingerprint density at radius 3 is 2.67 bits per heavy atom. The number of aromatic hydroxyl groups is 2. The van der Waals surface area contributed by atoms with Crippen LogP contribution in [0.25, 0.3) is 11.4 Å². The second-order valence-corrected chi connectivity index (χ2v) is 4.47. The van der Waals surface area contributed by atoms with E-state index in [1.54, 1.807) is 6.07 Å². The highest BCUT2D eigenvalue weighted by Gasteiger charge is 2.11. The van der Waals surface area contributed by atoms with E-state index in [2.05, 4.69) is 20.8 Å². The van der Waals surface area contributed by atoms with Crippen LogP contribution in [-0.4, -0.2) is 31.3 Å². The molecule has 0 unspecified atom stereocenters. The number of rotatable bonds is 5. The molecule has 0 amide bonds. The highest BCUT2D eigenvalue weighted by atomic mass is 16.3. The molecule has 0 fully saturated rings. The summed E-state index contributed by atoms with van der Waals surface area (Å²) in [5.41, 5.74) is 5.65. The van der Waals surface area contributed by atoms with Crippen LogP contribution in [-0.2, 0) is 7.05 Å². The number of benzene rings is 1. The van der Waals surface area contributed by atoms with E-state index in [-0.39, 0.29) is 17.4 Å². The topological polar surface area (TPSA) is 112 Å². The molecule has 0 saturated heterocycles. The fourth-order valence-corrected chi connectivity index (χ4v) is 1.70. The van der Waals surface area contributed by atoms with Crippen LogP contribution >= 0.6 is 0 Å². The molecule has 0 spiro atoms. The zero-order chi connectivity index (χ0) is 15.4. The summed E-state index contributed by atoms with van der Waals surface area (Å²) in [6.45, 7) is 2.71. The predicted octanol–water partition coefficient (Wildman–Crippen LogP) is 0.580. The highest BCUT2D eigenvalue weighted by molar-refractivity contribution is 5.61. The third kappa shape index (κ3) is 3.29. The number of hydrogen-bond donors (Lipinski definition) is 4. The number of anilines is 1. The van der Waals surface area contributed by atoms with Crippen molar-refractivity contribution in [1.82, 2.24) is 20.0 Å². The molecule has 112 valence electrons. The van der Waals surface area contributed by atoms with E-state index in [0.29, 0.717) is 17.9 Å². The van der Waals surface area contributed by atoms with Crippen LogP contribution in [0.5, 0.6) is 11.5 Å². The van der Waals surface area contributed by atoms with Gasteiger partial charge in [0.15, 0.2) is 11.5 Å². The van der Waals surface area contributed by atoms with Gasteiger partial charge in [0.2, 0.25) is 5.95 Å². The molecule has 0 bridgehead atoms. The van der Waals surface area contributed by atoms with Crippen LogP contribution < -0.4 is 16.5 Å². The summed E-state index contributed by atoms with van der Waals surface area (Å²) in [6, 6.07) is 4.22. The molecule has 0 aliphatic carbocycles. The summed E-state index contributed by atoms with van der Waals surface area (Å²) in [7, 11) is 1.53. The van der Waals surface area contributed by atoms with Crippen molar-refractivity contribution in [3.63, 3.8) is 0 Å². The summed E-state index contributed by atoms with van der Waals surface area (Å²) in [4.78, 5) is 19.9. The van der Waals surface area contributed by atoms with Crippen molar-refractivity contribution in [1.29, 1.82) is 0 Å². The highest BCUT2D eigenvalue weighted by Crippen LogP contribution is 2.29. The molecule has 1 aromatic heterocycles. The summed E-state index contributed by atoms with van der Waals surface area (Å²) >= 11 is 0. The molecule has 2 aromatic rings. The first-order valence-electron chi connectivity index (χ1n) is 6.49. The first-order valence-corrected chi connectivity index (χ1v) is 6.49. The van der Waals surface area contributed by atoms with Gasteiger partial charge in [0.1, 0.15) is 5.82 Å². The van der Waals surface area contributed by atoms with E-state index < -0.39 is 5.69 Å². The lowest BCUT2D eigenvalue weighted by molar-refractivity contribution is 0.404. The molecule has 2 rings (SSSR count). The Labute approximate surface area is 121 Å². The molecule has 1 heterocycles. The third-order valence-corrected chi connectivity index (χ3v) is 2.83. The van der Waals surface area contributed by atoms with Gasteiger partial charge in [0.05, 0.1) is 0 Å². The Morgan fingerprint density at radius 1 is 1.24 bits per heavy atom. The van der Waals surface area contributed by atoms with Crippen LogP contribution in [0, 0.1) is 0 Å². The summed E-state index contributed by atoms with van der Waals surface area (Å²) in [5, 5.41) is 18.9. The Morgan fingerprint density at radius 2 is 2.00 bits per heavy atom. The fraction of sp³-hybridized carbons (Fsp3) is 0.308. The van der Waals surface area contributed by atoms with Crippen molar-refractivity contribution in [2.24, 2.45) is 7.05 Å². The van der Waals surface area contributed by atoms with E-state index >= 15 is 0 Å². The SMILES string of the molecule is CCCNNc1nc(-c2ccc(O)c(O)c2)n(C)c(=O)n1. The number of hydrazine groups is 1. The Kier molecular flexibility index (Phi) is 4.39. The van der Waals surface area contributed by atoms with E-state index in [0.717, 1.165) is 6.42 Å². The zero-order valence-electron chi connectivity index (χ0n) is 11.8. The van der Waals surface area contributed by atoms with E-state index in [1.807, 2.05) is 6.92 Å². The average molecular weight is 291 g/mol. The molecule has 0 saturated carbocycles. The van der Waals surface area contributed by atoms with Gasteiger partial charge in [-0.3, -0.25) is 9.99 Å². The van der Waals surface area contributed by atoms with Gasteiger partial charge in [0.25, 0.3) is 0 Å². The van der Waals surface area contributed by atoms with Gasteiger partial charge >= 0.3 is 5.69 Å². The van der Waals surface area contributed by atoms with Gasteiger partial charge < -0.3 is 10.2 Å². The number of hydrogen-bond acceptors (Lipinski definition) is 7. The summed E-state index contributed by atoms with van der Waals surface area (Å²) < 4.78 is 1.26. The van der Waals surface area contributed by atoms with Crippen LogP contribution in [0.2, 0.25) is 0 Å². The normalized spacial score (nSPS) is 10.6. The average Bonchev–Trinajstić information content (AvgIpc) is 2.46. The number of nitrogens with one attached hydrogen (secondary N) is 2. The first-order chi connectivity index (χ1) is 10.0. The number of phenolic OH excluding ortho intramolecular Hbond substituents is 2. The lowest BCUT2D eigenvalue weighted by Gasteiger charge is -2.11. The second kappa shape index (κ2) is 6.23. The maximum atomic E-state index is 11.9. The van der Waals surface area contributed by atoms with Crippen molar-refractivity contribution in [2.75, 3.05) is 12.0 Å². The van der Waals surface area contributed by atoms with Crippen LogP contribution in [0.1, 0.15) is 13.3 Å². The van der Waals surface area contributed by atoms with Gasteiger partial charge in [-0.05, 0) is 24.6 Å². The second-order valence-electron chi connectivity index (χ2n) is 4.47. The van der Waals surface area contributed by atoms with Gasteiger partial charge in [-0.25, -0.2) is 10.2 Å². The zero-order valence-corrected chi connectivity index (χ0v) is 11.8. The minimum atomic E-state index is -0.478. The molecular weight excluding hydrogens is 274 g/mol. The number of nitrogens with zero attached hydrogens (tertiary/aromatic N) is 3. The lowest BCUT2D eigenvalue weighted by atomic mass is 10.2. The largest absolute Gasteiger partial charge is 0.504 e. The maximum absolute atomic E-state index is 11.9. The van der Waals surface area contributed by atoms with Gasteiger partial charge in [-0.15, -0.1) is 0 Å². The van der Waals surface area contributed by atoms with Crippen molar-refractivity contribution >= 4 is 5.95 Å². The standard InChI is InChI=1S/C13H17N5O3/c1-3-6-14-17-12-15-11(18(2)13(21)16-12)8-4-5-9(19)10(20)7-8/h4-5,7,14,19-20H,3,6H2,1-2H3,(H,16,17,21). The van der Waals surface area contributed by atoms with Crippen LogP contribution in [0.4, 0.5) is 5.95 Å². The Hall–Kier alpha value is -2.61. The van der Waals surface area contributed by atoms with E-state index in [1.165, 1.54) is 23.7 Å². The minimum absolute atomic E-state index is 0.147. The van der Waals surface area contributed by atoms with Gasteiger partial charge in [0, 0.05) is 19.2 Å². The molecular formula is C13H17N5O3. The van der Waals surface area contributed by atoms with Crippen LogP contribution in [0.3, 0.4) is 0 Å². The third-order valence-electron chi connectivity index (χ3n) is 2.83. The van der Waals surface area contributed by atoms with E-state index in [4.69, 9.17) is 0 Å². The molecule has 1 aromatic carbocycles. The summed E-state index contributed by atoms with van der Waals surface area (Å²) in [6.07, 6.45) is 0.913. The monoisotopic (exact) mass is 291 g/mol. The smallest absolute Gasteiger partial charge is 0.352 e.